The Morgan fingerprint density at radius 2 is 2.08 bits per heavy atom. The van der Waals surface area contributed by atoms with Crippen molar-refractivity contribution in [3.05, 3.63) is 41.2 Å². The van der Waals surface area contributed by atoms with Crippen LogP contribution in [0.5, 0.6) is 5.75 Å². The molecule has 0 spiro atoms. The number of para-hydroxylation sites is 2. The number of H-pyrrole nitrogens is 1. The summed E-state index contributed by atoms with van der Waals surface area (Å²) in [5.41, 5.74) is 3.13. The number of fused-ring (bicyclic) bond motifs is 2. The quantitative estimate of drug-likeness (QED) is 0.806. The molecule has 1 aliphatic heterocycles. The second-order valence-corrected chi connectivity index (χ2v) is 6.79. The van der Waals surface area contributed by atoms with Crippen molar-refractivity contribution in [3.8, 4) is 5.75 Å². The van der Waals surface area contributed by atoms with Crippen LogP contribution in [0.1, 0.15) is 41.0 Å². The Hall–Kier alpha value is -2.83. The van der Waals surface area contributed by atoms with Crippen molar-refractivity contribution < 1.29 is 14.3 Å². The summed E-state index contributed by atoms with van der Waals surface area (Å²) in [6.07, 6.45) is 5.07. The number of aromatic nitrogens is 2. The summed E-state index contributed by atoms with van der Waals surface area (Å²) in [5, 5.41) is 10.0. The molecule has 0 fully saturated rings. The number of anilines is 1. The van der Waals surface area contributed by atoms with Crippen LogP contribution in [0.3, 0.4) is 0 Å². The van der Waals surface area contributed by atoms with E-state index in [0.717, 1.165) is 43.4 Å². The molecule has 1 atom stereocenters. The van der Waals surface area contributed by atoms with Crippen molar-refractivity contribution in [2.24, 2.45) is 0 Å². The van der Waals surface area contributed by atoms with Gasteiger partial charge in [0.1, 0.15) is 18.4 Å². The first-order valence-electron chi connectivity index (χ1n) is 9.01. The number of hydrogen-bond donors (Lipinski definition) is 2. The zero-order valence-electron chi connectivity index (χ0n) is 14.7. The third-order valence-corrected chi connectivity index (χ3v) is 5.09. The Morgan fingerprint density at radius 1 is 1.27 bits per heavy atom. The van der Waals surface area contributed by atoms with Crippen LogP contribution in [0.4, 0.5) is 5.69 Å². The summed E-state index contributed by atoms with van der Waals surface area (Å²) >= 11 is 0. The summed E-state index contributed by atoms with van der Waals surface area (Å²) in [6, 6.07) is 6.60. The van der Waals surface area contributed by atoms with E-state index >= 15 is 0 Å². The van der Waals surface area contributed by atoms with E-state index in [4.69, 9.17) is 4.74 Å². The molecular weight excluding hydrogens is 332 g/mol. The van der Waals surface area contributed by atoms with Gasteiger partial charge in [-0.05, 0) is 37.8 Å². The first-order chi connectivity index (χ1) is 12.6. The highest BCUT2D eigenvalue weighted by atomic mass is 16.5. The number of carbonyl (C=O) groups excluding carboxylic acids is 2. The van der Waals surface area contributed by atoms with Gasteiger partial charge in [-0.25, -0.2) is 0 Å². The van der Waals surface area contributed by atoms with E-state index in [9.17, 15) is 9.59 Å². The molecule has 1 aromatic carbocycles. The van der Waals surface area contributed by atoms with Gasteiger partial charge in [0.05, 0.1) is 5.69 Å². The molecule has 2 heterocycles. The maximum absolute atomic E-state index is 12.8. The molecule has 4 rings (SSSR count). The smallest absolute Gasteiger partial charge is 0.272 e. The molecule has 1 aliphatic carbocycles. The third-order valence-electron chi connectivity index (χ3n) is 5.09. The Bertz CT molecular complexity index is 845. The molecular formula is C19H22N4O3. The summed E-state index contributed by atoms with van der Waals surface area (Å²) < 4.78 is 5.75. The summed E-state index contributed by atoms with van der Waals surface area (Å²) in [4.78, 5) is 27.1. The fourth-order valence-corrected chi connectivity index (χ4v) is 3.63. The lowest BCUT2D eigenvalue weighted by atomic mass is 10.1. The first kappa shape index (κ1) is 16.6. The lowest BCUT2D eigenvalue weighted by Crippen LogP contribution is -2.49. The number of carbonyl (C=O) groups is 2. The maximum atomic E-state index is 12.8. The SMILES string of the molecule is CN1C(=O)[C@@H](NC(=O)c2n[nH]c3c2CCCCC3)COc2ccccc21. The van der Waals surface area contributed by atoms with Crippen molar-refractivity contribution in [2.45, 2.75) is 38.1 Å². The molecule has 7 nitrogen and oxygen atoms in total. The van der Waals surface area contributed by atoms with Crippen LogP contribution >= 0.6 is 0 Å². The fraction of sp³-hybridized carbons (Fsp3) is 0.421. The van der Waals surface area contributed by atoms with Gasteiger partial charge < -0.3 is 15.0 Å². The largest absolute Gasteiger partial charge is 0.489 e. The van der Waals surface area contributed by atoms with E-state index in [1.54, 1.807) is 7.05 Å². The van der Waals surface area contributed by atoms with E-state index in [1.165, 1.54) is 4.90 Å². The molecule has 1 aromatic heterocycles. The van der Waals surface area contributed by atoms with Crippen molar-refractivity contribution in [2.75, 3.05) is 18.6 Å². The van der Waals surface area contributed by atoms with Gasteiger partial charge in [0.15, 0.2) is 5.69 Å². The molecule has 2 aliphatic rings. The second kappa shape index (κ2) is 6.82. The van der Waals surface area contributed by atoms with Crippen LogP contribution in [0.25, 0.3) is 0 Å². The van der Waals surface area contributed by atoms with Crippen molar-refractivity contribution in [1.29, 1.82) is 0 Å². The van der Waals surface area contributed by atoms with Crippen LogP contribution in [-0.4, -0.2) is 41.7 Å². The zero-order valence-corrected chi connectivity index (χ0v) is 14.7. The Labute approximate surface area is 151 Å². The number of likely N-dealkylation sites (N-methyl/N-ethyl adjacent to an activating group) is 1. The number of aromatic amines is 1. The standard InChI is InChI=1S/C19H22N4O3/c1-23-15-9-5-6-10-16(15)26-11-14(19(23)25)20-18(24)17-12-7-3-2-4-8-13(12)21-22-17/h5-6,9-10,14H,2-4,7-8,11H2,1H3,(H,20,24)(H,21,22)/t14-/m0/s1. The van der Waals surface area contributed by atoms with Crippen molar-refractivity contribution in [3.63, 3.8) is 0 Å². The van der Waals surface area contributed by atoms with Gasteiger partial charge in [-0.15, -0.1) is 0 Å². The minimum atomic E-state index is -0.752. The Kier molecular flexibility index (Phi) is 4.36. The number of hydrogen-bond acceptors (Lipinski definition) is 4. The van der Waals surface area contributed by atoms with Gasteiger partial charge in [-0.3, -0.25) is 14.7 Å². The monoisotopic (exact) mass is 354 g/mol. The van der Waals surface area contributed by atoms with Crippen LogP contribution in [0.2, 0.25) is 0 Å². The number of rotatable bonds is 2. The Morgan fingerprint density at radius 3 is 2.96 bits per heavy atom. The highest BCUT2D eigenvalue weighted by Crippen LogP contribution is 2.30. The van der Waals surface area contributed by atoms with E-state index in [-0.39, 0.29) is 18.4 Å². The molecule has 0 bridgehead atoms. The van der Waals surface area contributed by atoms with Crippen LogP contribution in [-0.2, 0) is 17.6 Å². The molecule has 0 saturated heterocycles. The van der Waals surface area contributed by atoms with Crippen LogP contribution in [0, 0.1) is 0 Å². The molecule has 7 heteroatoms. The molecule has 2 N–H and O–H groups in total. The van der Waals surface area contributed by atoms with E-state index in [1.807, 2.05) is 24.3 Å². The van der Waals surface area contributed by atoms with Gasteiger partial charge in [0.25, 0.3) is 11.8 Å². The number of ether oxygens (including phenoxy) is 1. The molecule has 0 unspecified atom stereocenters. The lowest BCUT2D eigenvalue weighted by molar-refractivity contribution is -0.120. The fourth-order valence-electron chi connectivity index (χ4n) is 3.63. The summed E-state index contributed by atoms with van der Waals surface area (Å²) in [6.45, 7) is 0.0958. The van der Waals surface area contributed by atoms with E-state index in [0.29, 0.717) is 17.1 Å². The number of amides is 2. The number of nitrogens with one attached hydrogen (secondary N) is 2. The third kappa shape index (κ3) is 2.94. The summed E-state index contributed by atoms with van der Waals surface area (Å²) in [5.74, 6) is 0.101. The average Bonchev–Trinajstić information content (AvgIpc) is 2.85. The molecule has 0 radical (unpaired) electrons. The van der Waals surface area contributed by atoms with Crippen LogP contribution in [0.15, 0.2) is 24.3 Å². The first-order valence-corrected chi connectivity index (χ1v) is 9.01. The number of benzene rings is 1. The predicted octanol–water partition coefficient (Wildman–Crippen LogP) is 1.83. The minimum Gasteiger partial charge on any atom is -0.489 e. The van der Waals surface area contributed by atoms with Gasteiger partial charge in [-0.2, -0.15) is 5.10 Å². The zero-order chi connectivity index (χ0) is 18.1. The molecule has 26 heavy (non-hydrogen) atoms. The number of nitrogens with zero attached hydrogens (tertiary/aromatic N) is 2. The minimum absolute atomic E-state index is 0.0958. The molecule has 0 saturated carbocycles. The summed E-state index contributed by atoms with van der Waals surface area (Å²) in [7, 11) is 1.69. The topological polar surface area (TPSA) is 87.3 Å². The van der Waals surface area contributed by atoms with Gasteiger partial charge >= 0.3 is 0 Å². The highest BCUT2D eigenvalue weighted by molar-refractivity contribution is 6.03. The van der Waals surface area contributed by atoms with Crippen LogP contribution < -0.4 is 15.0 Å². The Balaban J connectivity index is 1.54. The average molecular weight is 354 g/mol. The van der Waals surface area contributed by atoms with Gasteiger partial charge in [0.2, 0.25) is 0 Å². The van der Waals surface area contributed by atoms with Gasteiger partial charge in [0, 0.05) is 18.3 Å². The molecule has 2 aromatic rings. The second-order valence-electron chi connectivity index (χ2n) is 6.79. The normalized spacial score (nSPS) is 19.7. The molecule has 2 amide bonds. The maximum Gasteiger partial charge on any atom is 0.272 e. The van der Waals surface area contributed by atoms with E-state index < -0.39 is 6.04 Å². The lowest BCUT2D eigenvalue weighted by Gasteiger charge is -2.20. The van der Waals surface area contributed by atoms with Gasteiger partial charge in [-0.1, -0.05) is 18.6 Å². The number of aryl methyl sites for hydroxylation is 1. The highest BCUT2D eigenvalue weighted by Gasteiger charge is 2.32. The molecule has 136 valence electrons. The predicted molar refractivity (Wildman–Crippen MR) is 96.4 cm³/mol. The van der Waals surface area contributed by atoms with Crippen molar-refractivity contribution >= 4 is 17.5 Å². The van der Waals surface area contributed by atoms with Crippen molar-refractivity contribution in [1.82, 2.24) is 15.5 Å². The van der Waals surface area contributed by atoms with E-state index in [2.05, 4.69) is 15.5 Å².